The number of thioether (sulfide) groups is 1. The van der Waals surface area contributed by atoms with Crippen LogP contribution in [0.25, 0.3) is 0 Å². The van der Waals surface area contributed by atoms with E-state index in [-0.39, 0.29) is 24.0 Å². The van der Waals surface area contributed by atoms with E-state index in [1.807, 2.05) is 23.9 Å². The standard InChI is InChI=1S/C16H24N4OS.HI/c1-16(7-4-8-22-16)11-20-15(18-2)19-10-12-5-3-6-13(9-12)14(17)21;/h3,5-6,9H,4,7-8,10-11H2,1-2H3,(H2,17,21)(H2,18,19,20);1H. The molecule has 5 nitrogen and oxygen atoms in total. The SMILES string of the molecule is CN=C(NCc1cccc(C(N)=O)c1)NCC1(C)CCCS1.I. The maximum Gasteiger partial charge on any atom is 0.248 e. The van der Waals surface area contributed by atoms with Crippen LogP contribution < -0.4 is 16.4 Å². The molecule has 1 atom stereocenters. The highest BCUT2D eigenvalue weighted by Crippen LogP contribution is 2.36. The van der Waals surface area contributed by atoms with Crippen LogP contribution in [0.2, 0.25) is 0 Å². The van der Waals surface area contributed by atoms with Gasteiger partial charge in [-0.25, -0.2) is 0 Å². The van der Waals surface area contributed by atoms with Gasteiger partial charge < -0.3 is 16.4 Å². The van der Waals surface area contributed by atoms with Gasteiger partial charge in [0.25, 0.3) is 0 Å². The van der Waals surface area contributed by atoms with Gasteiger partial charge in [0, 0.05) is 30.4 Å². The predicted molar refractivity (Wildman–Crippen MR) is 109 cm³/mol. The summed E-state index contributed by atoms with van der Waals surface area (Å²) in [6.45, 7) is 3.80. The number of carbonyl (C=O) groups excluding carboxylic acids is 1. The maximum atomic E-state index is 11.2. The second-order valence-electron chi connectivity index (χ2n) is 5.75. The molecular weight excluding hydrogens is 423 g/mol. The van der Waals surface area contributed by atoms with E-state index in [0.717, 1.165) is 18.1 Å². The number of aliphatic imine (C=N–C) groups is 1. The van der Waals surface area contributed by atoms with Crippen molar-refractivity contribution in [2.75, 3.05) is 19.3 Å². The van der Waals surface area contributed by atoms with Crippen LogP contribution >= 0.6 is 35.7 Å². The first-order valence-corrected chi connectivity index (χ1v) is 8.48. The smallest absolute Gasteiger partial charge is 0.248 e. The van der Waals surface area contributed by atoms with Crippen LogP contribution in [0.3, 0.4) is 0 Å². The number of nitrogens with one attached hydrogen (secondary N) is 2. The fourth-order valence-electron chi connectivity index (χ4n) is 2.49. The molecule has 1 aromatic carbocycles. The van der Waals surface area contributed by atoms with E-state index in [1.165, 1.54) is 18.6 Å². The quantitative estimate of drug-likeness (QED) is 0.367. The van der Waals surface area contributed by atoms with Gasteiger partial charge in [-0.05, 0) is 43.2 Å². The second-order valence-corrected chi connectivity index (χ2v) is 7.43. The fraction of sp³-hybridized carbons (Fsp3) is 0.500. The van der Waals surface area contributed by atoms with Crippen molar-refractivity contribution >= 4 is 47.6 Å². The summed E-state index contributed by atoms with van der Waals surface area (Å²) in [5, 5.41) is 6.66. The highest BCUT2D eigenvalue weighted by Gasteiger charge is 2.29. The van der Waals surface area contributed by atoms with Crippen LogP contribution in [-0.2, 0) is 6.54 Å². The molecule has 1 aliphatic rings. The number of guanidine groups is 1. The minimum absolute atomic E-state index is 0. The number of nitrogens with zero attached hydrogens (tertiary/aromatic N) is 1. The van der Waals surface area contributed by atoms with E-state index < -0.39 is 5.91 Å². The molecule has 1 saturated heterocycles. The zero-order chi connectivity index (χ0) is 16.0. The number of carbonyl (C=O) groups is 1. The summed E-state index contributed by atoms with van der Waals surface area (Å²) in [5.74, 6) is 1.61. The van der Waals surface area contributed by atoms with Crippen molar-refractivity contribution in [2.45, 2.75) is 31.1 Å². The van der Waals surface area contributed by atoms with Crippen LogP contribution in [-0.4, -0.2) is 36.0 Å². The third-order valence-corrected chi connectivity index (χ3v) is 5.36. The van der Waals surface area contributed by atoms with Crippen LogP contribution in [0.15, 0.2) is 29.3 Å². The van der Waals surface area contributed by atoms with Crippen molar-refractivity contribution in [3.8, 4) is 0 Å². The number of amides is 1. The molecular formula is C16H25IN4OS. The Morgan fingerprint density at radius 3 is 2.83 bits per heavy atom. The van der Waals surface area contributed by atoms with Crippen molar-refractivity contribution in [2.24, 2.45) is 10.7 Å². The Bertz CT molecular complexity index is 559. The fourth-order valence-corrected chi connectivity index (χ4v) is 3.73. The minimum atomic E-state index is -0.407. The highest BCUT2D eigenvalue weighted by molar-refractivity contribution is 14.0. The number of nitrogens with two attached hydrogens (primary N) is 1. The minimum Gasteiger partial charge on any atom is -0.366 e. The Morgan fingerprint density at radius 1 is 1.43 bits per heavy atom. The molecule has 1 aliphatic heterocycles. The molecule has 0 bridgehead atoms. The molecule has 23 heavy (non-hydrogen) atoms. The van der Waals surface area contributed by atoms with Crippen LogP contribution in [0.4, 0.5) is 0 Å². The van der Waals surface area contributed by atoms with Crippen LogP contribution in [0.1, 0.15) is 35.7 Å². The summed E-state index contributed by atoms with van der Waals surface area (Å²) < 4.78 is 0.295. The molecule has 1 aromatic rings. The molecule has 0 aromatic heterocycles. The summed E-state index contributed by atoms with van der Waals surface area (Å²) in [7, 11) is 1.76. The monoisotopic (exact) mass is 448 g/mol. The third-order valence-electron chi connectivity index (χ3n) is 3.83. The van der Waals surface area contributed by atoms with Gasteiger partial charge in [-0.2, -0.15) is 11.8 Å². The normalized spacial score (nSPS) is 20.7. The van der Waals surface area contributed by atoms with Gasteiger partial charge in [0.05, 0.1) is 0 Å². The van der Waals surface area contributed by atoms with Gasteiger partial charge in [0.15, 0.2) is 5.96 Å². The number of benzene rings is 1. The van der Waals surface area contributed by atoms with Crippen molar-refractivity contribution in [3.63, 3.8) is 0 Å². The first-order valence-electron chi connectivity index (χ1n) is 7.50. The lowest BCUT2D eigenvalue weighted by molar-refractivity contribution is 0.1000. The van der Waals surface area contributed by atoms with Gasteiger partial charge in [-0.1, -0.05) is 12.1 Å². The summed E-state index contributed by atoms with van der Waals surface area (Å²) in [6, 6.07) is 7.32. The average molecular weight is 448 g/mol. The Labute approximate surface area is 159 Å². The number of halogens is 1. The lowest BCUT2D eigenvalue weighted by Crippen LogP contribution is -2.43. The van der Waals surface area contributed by atoms with Crippen LogP contribution in [0, 0.1) is 0 Å². The number of rotatable bonds is 5. The summed E-state index contributed by atoms with van der Waals surface area (Å²) in [4.78, 5) is 15.4. The van der Waals surface area contributed by atoms with E-state index in [0.29, 0.717) is 16.9 Å². The largest absolute Gasteiger partial charge is 0.366 e. The van der Waals surface area contributed by atoms with Gasteiger partial charge in [-0.15, -0.1) is 24.0 Å². The molecule has 0 spiro atoms. The topological polar surface area (TPSA) is 79.5 Å². The van der Waals surface area contributed by atoms with Gasteiger partial charge >= 0.3 is 0 Å². The van der Waals surface area contributed by atoms with Crippen molar-refractivity contribution in [3.05, 3.63) is 35.4 Å². The second kappa shape index (κ2) is 9.36. The van der Waals surface area contributed by atoms with E-state index in [4.69, 9.17) is 5.73 Å². The summed E-state index contributed by atoms with van der Waals surface area (Å²) in [5.41, 5.74) is 6.82. The van der Waals surface area contributed by atoms with Crippen molar-refractivity contribution in [1.82, 2.24) is 10.6 Å². The molecule has 1 unspecified atom stereocenters. The molecule has 128 valence electrons. The molecule has 2 rings (SSSR count). The molecule has 0 saturated carbocycles. The molecule has 1 amide bonds. The van der Waals surface area contributed by atoms with Crippen molar-refractivity contribution in [1.29, 1.82) is 0 Å². The molecule has 0 radical (unpaired) electrons. The molecule has 0 aliphatic carbocycles. The van der Waals surface area contributed by atoms with Gasteiger partial charge in [-0.3, -0.25) is 9.79 Å². The third kappa shape index (κ3) is 6.21. The van der Waals surface area contributed by atoms with Crippen LogP contribution in [0.5, 0.6) is 0 Å². The van der Waals surface area contributed by atoms with Crippen molar-refractivity contribution < 1.29 is 4.79 Å². The predicted octanol–water partition coefficient (Wildman–Crippen LogP) is 2.35. The van der Waals surface area contributed by atoms with E-state index >= 15 is 0 Å². The van der Waals surface area contributed by atoms with E-state index in [9.17, 15) is 4.79 Å². The lowest BCUT2D eigenvalue weighted by Gasteiger charge is -2.24. The van der Waals surface area contributed by atoms with Gasteiger partial charge in [0.2, 0.25) is 5.91 Å². The number of hydrogen-bond donors (Lipinski definition) is 3. The Balaban J connectivity index is 0.00000264. The lowest BCUT2D eigenvalue weighted by atomic mass is 10.1. The number of hydrogen-bond acceptors (Lipinski definition) is 3. The van der Waals surface area contributed by atoms with Gasteiger partial charge in [0.1, 0.15) is 0 Å². The molecule has 4 N–H and O–H groups in total. The molecule has 7 heteroatoms. The summed E-state index contributed by atoms with van der Waals surface area (Å²) in [6.07, 6.45) is 2.52. The number of primary amides is 1. The average Bonchev–Trinajstić information content (AvgIpc) is 2.95. The Kier molecular flexibility index (Phi) is 8.18. The molecule has 1 fully saturated rings. The van der Waals surface area contributed by atoms with E-state index in [1.54, 1.807) is 19.2 Å². The Hall–Kier alpha value is -0.960. The molecule has 1 heterocycles. The Morgan fingerprint density at radius 2 is 2.22 bits per heavy atom. The highest BCUT2D eigenvalue weighted by atomic mass is 127. The first-order chi connectivity index (χ1) is 10.5. The first kappa shape index (κ1) is 20.1. The zero-order valence-electron chi connectivity index (χ0n) is 13.6. The maximum absolute atomic E-state index is 11.2. The summed E-state index contributed by atoms with van der Waals surface area (Å²) >= 11 is 2.02. The zero-order valence-corrected chi connectivity index (χ0v) is 16.7. The van der Waals surface area contributed by atoms with E-state index in [2.05, 4.69) is 22.5 Å².